The van der Waals surface area contributed by atoms with Crippen molar-refractivity contribution >= 4 is 28.9 Å². The van der Waals surface area contributed by atoms with Gasteiger partial charge in [-0.25, -0.2) is 9.97 Å². The molecule has 1 aromatic heterocycles. The molecule has 0 saturated heterocycles. The third kappa shape index (κ3) is 2.16. The monoisotopic (exact) mass is 220 g/mol. The zero-order valence-electron chi connectivity index (χ0n) is 7.81. The number of nitrogen functional groups attached to an aromatic ring is 1. The maximum Gasteiger partial charge on any atom is 0.173 e. The molecule has 5 heteroatoms. The normalized spacial score (nSPS) is 9.93. The van der Waals surface area contributed by atoms with E-state index < -0.39 is 0 Å². The number of halogens is 1. The van der Waals surface area contributed by atoms with Gasteiger partial charge in [0.15, 0.2) is 11.6 Å². The Morgan fingerprint density at radius 3 is 2.60 bits per heavy atom. The molecule has 3 N–H and O–H groups in total. The standard InChI is InChI=1S/C10H9ClN4/c11-7-3-1-2-4-8(7)15-10-9(12)13-5-6-14-10/h1-6H,(H2,12,13)(H,14,15). The highest BCUT2D eigenvalue weighted by Crippen LogP contribution is 2.25. The van der Waals surface area contributed by atoms with Crippen LogP contribution >= 0.6 is 11.6 Å². The average molecular weight is 221 g/mol. The summed E-state index contributed by atoms with van der Waals surface area (Å²) < 4.78 is 0. The Morgan fingerprint density at radius 1 is 1.13 bits per heavy atom. The molecule has 4 nitrogen and oxygen atoms in total. The molecule has 0 aliphatic rings. The SMILES string of the molecule is Nc1nccnc1Nc1ccccc1Cl. The molecule has 0 atom stereocenters. The van der Waals surface area contributed by atoms with E-state index in [-0.39, 0.29) is 0 Å². The van der Waals surface area contributed by atoms with Gasteiger partial charge in [0.25, 0.3) is 0 Å². The minimum atomic E-state index is 0.345. The number of para-hydroxylation sites is 1. The van der Waals surface area contributed by atoms with Gasteiger partial charge in [0.2, 0.25) is 0 Å². The number of aromatic nitrogens is 2. The van der Waals surface area contributed by atoms with Gasteiger partial charge in [0.05, 0.1) is 10.7 Å². The molecule has 0 bridgehead atoms. The third-order valence-electron chi connectivity index (χ3n) is 1.85. The molecule has 0 fully saturated rings. The second-order valence-electron chi connectivity index (χ2n) is 2.90. The fraction of sp³-hybridized carbons (Fsp3) is 0. The number of rotatable bonds is 2. The summed E-state index contributed by atoms with van der Waals surface area (Å²) in [6.45, 7) is 0. The Bertz CT molecular complexity index is 429. The molecule has 15 heavy (non-hydrogen) atoms. The predicted octanol–water partition coefficient (Wildman–Crippen LogP) is 2.46. The molecule has 1 aromatic carbocycles. The molecule has 1 heterocycles. The Morgan fingerprint density at radius 2 is 1.87 bits per heavy atom. The van der Waals surface area contributed by atoms with Gasteiger partial charge < -0.3 is 11.1 Å². The summed E-state index contributed by atoms with van der Waals surface area (Å²) in [6, 6.07) is 7.36. The van der Waals surface area contributed by atoms with Gasteiger partial charge in [-0.3, -0.25) is 0 Å². The van der Waals surface area contributed by atoms with Gasteiger partial charge in [-0.15, -0.1) is 0 Å². The minimum absolute atomic E-state index is 0.345. The molecule has 0 aliphatic carbocycles. The fourth-order valence-electron chi connectivity index (χ4n) is 1.14. The third-order valence-corrected chi connectivity index (χ3v) is 2.18. The number of hydrogen-bond donors (Lipinski definition) is 2. The Kier molecular flexibility index (Phi) is 2.69. The Hall–Kier alpha value is -1.81. The number of nitrogens with zero attached hydrogens (tertiary/aromatic N) is 2. The van der Waals surface area contributed by atoms with E-state index in [0.29, 0.717) is 16.7 Å². The van der Waals surface area contributed by atoms with Crippen LogP contribution in [0.15, 0.2) is 36.7 Å². The molecule has 76 valence electrons. The first-order chi connectivity index (χ1) is 7.27. The van der Waals surface area contributed by atoms with Crippen LogP contribution in [0.3, 0.4) is 0 Å². The van der Waals surface area contributed by atoms with Gasteiger partial charge in [0.1, 0.15) is 0 Å². The van der Waals surface area contributed by atoms with Crippen molar-refractivity contribution < 1.29 is 0 Å². The zero-order chi connectivity index (χ0) is 10.7. The van der Waals surface area contributed by atoms with Crippen LogP contribution in [0.4, 0.5) is 17.3 Å². The Balaban J connectivity index is 2.30. The van der Waals surface area contributed by atoms with Crippen molar-refractivity contribution in [1.29, 1.82) is 0 Å². The fourth-order valence-corrected chi connectivity index (χ4v) is 1.32. The van der Waals surface area contributed by atoms with Crippen LogP contribution < -0.4 is 11.1 Å². The van der Waals surface area contributed by atoms with Crippen LogP contribution in [0.25, 0.3) is 0 Å². The predicted molar refractivity (Wildman–Crippen MR) is 61.2 cm³/mol. The first-order valence-electron chi connectivity index (χ1n) is 4.35. The molecule has 2 rings (SSSR count). The van der Waals surface area contributed by atoms with Crippen LogP contribution in [0.1, 0.15) is 0 Å². The van der Waals surface area contributed by atoms with Crippen molar-refractivity contribution in [2.75, 3.05) is 11.1 Å². The minimum Gasteiger partial charge on any atom is -0.381 e. The lowest BCUT2D eigenvalue weighted by Gasteiger charge is -2.07. The first-order valence-corrected chi connectivity index (χ1v) is 4.73. The molecule has 0 aliphatic heterocycles. The second kappa shape index (κ2) is 4.14. The summed E-state index contributed by atoms with van der Waals surface area (Å²) in [4.78, 5) is 7.97. The van der Waals surface area contributed by atoms with Gasteiger partial charge >= 0.3 is 0 Å². The molecule has 0 unspecified atom stereocenters. The smallest absolute Gasteiger partial charge is 0.173 e. The van der Waals surface area contributed by atoms with E-state index in [2.05, 4.69) is 15.3 Å². The lowest BCUT2D eigenvalue weighted by Crippen LogP contribution is -2.00. The van der Waals surface area contributed by atoms with Gasteiger partial charge in [-0.2, -0.15) is 0 Å². The van der Waals surface area contributed by atoms with E-state index in [9.17, 15) is 0 Å². The maximum absolute atomic E-state index is 5.97. The van der Waals surface area contributed by atoms with Crippen molar-refractivity contribution in [3.8, 4) is 0 Å². The van der Waals surface area contributed by atoms with Crippen molar-refractivity contribution in [3.63, 3.8) is 0 Å². The van der Waals surface area contributed by atoms with Crippen molar-refractivity contribution in [3.05, 3.63) is 41.7 Å². The van der Waals surface area contributed by atoms with Crippen LogP contribution in [-0.2, 0) is 0 Å². The first kappa shape index (κ1) is 9.73. The highest BCUT2D eigenvalue weighted by molar-refractivity contribution is 6.33. The van der Waals surface area contributed by atoms with E-state index in [0.717, 1.165) is 5.69 Å². The van der Waals surface area contributed by atoms with Crippen LogP contribution in [0.2, 0.25) is 5.02 Å². The van der Waals surface area contributed by atoms with E-state index in [4.69, 9.17) is 17.3 Å². The molecule has 2 aromatic rings. The van der Waals surface area contributed by atoms with Crippen molar-refractivity contribution in [2.45, 2.75) is 0 Å². The number of nitrogens with two attached hydrogens (primary N) is 1. The quantitative estimate of drug-likeness (QED) is 0.816. The average Bonchev–Trinajstić information content (AvgIpc) is 2.24. The lowest BCUT2D eigenvalue weighted by atomic mass is 10.3. The van der Waals surface area contributed by atoms with Crippen molar-refractivity contribution in [1.82, 2.24) is 9.97 Å². The molecule has 0 radical (unpaired) electrons. The Labute approximate surface area is 92.1 Å². The van der Waals surface area contributed by atoms with E-state index in [1.54, 1.807) is 12.3 Å². The van der Waals surface area contributed by atoms with Crippen LogP contribution in [-0.4, -0.2) is 9.97 Å². The summed E-state index contributed by atoms with van der Waals surface area (Å²) in [6.07, 6.45) is 3.10. The molecular formula is C10H9ClN4. The number of nitrogens with one attached hydrogen (secondary N) is 1. The highest BCUT2D eigenvalue weighted by atomic mass is 35.5. The van der Waals surface area contributed by atoms with Gasteiger partial charge in [0, 0.05) is 12.4 Å². The second-order valence-corrected chi connectivity index (χ2v) is 3.30. The number of benzene rings is 1. The molecular weight excluding hydrogens is 212 g/mol. The van der Waals surface area contributed by atoms with E-state index in [1.807, 2.05) is 18.2 Å². The lowest BCUT2D eigenvalue weighted by molar-refractivity contribution is 1.21. The summed E-state index contributed by atoms with van der Waals surface area (Å²) >= 11 is 5.97. The largest absolute Gasteiger partial charge is 0.381 e. The van der Waals surface area contributed by atoms with Crippen LogP contribution in [0.5, 0.6) is 0 Å². The summed E-state index contributed by atoms with van der Waals surface area (Å²) in [5, 5.41) is 3.62. The topological polar surface area (TPSA) is 63.8 Å². The number of hydrogen-bond acceptors (Lipinski definition) is 4. The van der Waals surface area contributed by atoms with Crippen LogP contribution in [0, 0.1) is 0 Å². The highest BCUT2D eigenvalue weighted by Gasteiger charge is 2.03. The zero-order valence-corrected chi connectivity index (χ0v) is 8.57. The van der Waals surface area contributed by atoms with Gasteiger partial charge in [-0.05, 0) is 12.1 Å². The van der Waals surface area contributed by atoms with Gasteiger partial charge in [-0.1, -0.05) is 23.7 Å². The maximum atomic E-state index is 5.97. The summed E-state index contributed by atoms with van der Waals surface area (Å²) in [5.74, 6) is 0.850. The van der Waals surface area contributed by atoms with E-state index in [1.165, 1.54) is 6.20 Å². The van der Waals surface area contributed by atoms with Crippen molar-refractivity contribution in [2.24, 2.45) is 0 Å². The number of anilines is 3. The molecule has 0 saturated carbocycles. The summed E-state index contributed by atoms with van der Waals surface area (Å²) in [7, 11) is 0. The van der Waals surface area contributed by atoms with E-state index >= 15 is 0 Å². The molecule has 0 amide bonds. The molecule has 0 spiro atoms. The summed E-state index contributed by atoms with van der Waals surface area (Å²) in [5.41, 5.74) is 6.40.